The van der Waals surface area contributed by atoms with Gasteiger partial charge in [-0.3, -0.25) is 4.57 Å². The molecule has 2 aliphatic rings. The van der Waals surface area contributed by atoms with Crippen molar-refractivity contribution in [3.05, 3.63) is 272 Å². The minimum Gasteiger partial charge on any atom is -0.510 e. The van der Waals surface area contributed by atoms with Gasteiger partial charge in [0, 0.05) is 44.3 Å². The molecule has 0 saturated heterocycles. The number of benzene rings is 10. The van der Waals surface area contributed by atoms with Crippen LogP contribution in [0.3, 0.4) is 0 Å². The molecule has 3 aromatic heterocycles. The third kappa shape index (κ3) is 8.82. The molecular weight excluding hydrogens is 1230 g/mol. The number of pyridine rings is 1. The monoisotopic (exact) mass is 1300 g/mol. The van der Waals surface area contributed by atoms with Crippen molar-refractivity contribution < 1.29 is 30.4 Å². The number of ether oxygens (including phenoxy) is 1. The van der Waals surface area contributed by atoms with Gasteiger partial charge >= 0.3 is 0 Å². The van der Waals surface area contributed by atoms with Crippen molar-refractivity contribution in [3.63, 3.8) is 0 Å². The SMILES string of the molecule is CC(C)(C)c1ccnc(-n2c3[c-]c(Oc4[c-]c5c(cc4)[Si](c4ccccc4)(c4ccccc4)c4cccc6c4n-5[c-][n+]6-c4cc(-c5ccccc5)c(-c5ccc6c(c5)C(C)(C)CCC6(C)C)c(-c5ccccc5)c4)ccc3c3ccccc32)c1.[Pt]. The topological polar surface area (TPSA) is 35.9 Å². The Morgan fingerprint density at radius 2 is 1.14 bits per heavy atom. The number of rotatable bonds is 9. The molecule has 0 radical (unpaired) electrons. The van der Waals surface area contributed by atoms with E-state index < -0.39 is 8.07 Å². The number of hydrogen-bond acceptors (Lipinski definition) is 2. The van der Waals surface area contributed by atoms with Gasteiger partial charge in [0.05, 0.1) is 16.7 Å². The number of aromatic nitrogens is 4. The van der Waals surface area contributed by atoms with E-state index in [0.29, 0.717) is 11.5 Å². The largest absolute Gasteiger partial charge is 0.510 e. The Labute approximate surface area is 514 Å². The van der Waals surface area contributed by atoms with E-state index in [9.17, 15) is 0 Å². The molecule has 4 heterocycles. The van der Waals surface area contributed by atoms with E-state index in [1.165, 1.54) is 55.0 Å². The number of para-hydroxylation sites is 2. The maximum atomic E-state index is 7.05. The minimum atomic E-state index is -3.10. The van der Waals surface area contributed by atoms with Gasteiger partial charge in [-0.05, 0) is 126 Å². The Morgan fingerprint density at radius 3 is 1.80 bits per heavy atom. The predicted molar refractivity (Wildman–Crippen MR) is 347 cm³/mol. The normalized spacial score (nSPS) is 14.6. The van der Waals surface area contributed by atoms with Crippen LogP contribution in [0.25, 0.3) is 83.4 Å². The molecule has 0 N–H and O–H groups in total. The number of nitrogens with zero attached hydrogens (tertiary/aromatic N) is 4. The van der Waals surface area contributed by atoms with Crippen molar-refractivity contribution in [2.45, 2.75) is 77.6 Å². The standard InChI is InChI=1S/C78H64N4OSi.Pt/c1-76(2,3)55-41-44-79-73(46-55)82-67-32-21-20-31-61(67)62-38-36-57(49-69(62)82)83-58-37-40-71-70(50-58)81-51-80(68-33-22-34-72(75(68)81)84(71,59-27-16-10-17-28-59)60-29-18-11-19-30-60)56-47-63(52-23-12-8-13-24-52)74(64(48-56)53-25-14-9-15-26-53)54-35-39-65-66(45-54)78(6,7)43-42-77(65,4)5;/h8-41,44-48H,42-43H2,1-7H3;/q-2;. The van der Waals surface area contributed by atoms with E-state index in [-0.39, 0.29) is 37.3 Å². The molecule has 0 spiro atoms. The molecule has 418 valence electrons. The van der Waals surface area contributed by atoms with Gasteiger partial charge in [0.15, 0.2) is 0 Å². The maximum Gasteiger partial charge on any atom is 0.268 e. The predicted octanol–water partition coefficient (Wildman–Crippen LogP) is 15.9. The Hall–Kier alpha value is -8.67. The van der Waals surface area contributed by atoms with Gasteiger partial charge in [0.25, 0.3) is 6.33 Å². The Kier molecular flexibility index (Phi) is 13.1. The summed E-state index contributed by atoms with van der Waals surface area (Å²) in [4.78, 5) is 4.95. The molecule has 1 aliphatic heterocycles. The Bertz CT molecular complexity index is 4630. The third-order valence-corrected chi connectivity index (χ3v) is 23.2. The molecule has 0 bridgehead atoms. The summed E-state index contributed by atoms with van der Waals surface area (Å²) in [6, 6.07) is 92.4. The molecule has 0 fully saturated rings. The van der Waals surface area contributed by atoms with Crippen molar-refractivity contribution >= 4 is 61.7 Å². The van der Waals surface area contributed by atoms with Crippen molar-refractivity contribution in [1.82, 2.24) is 14.1 Å². The van der Waals surface area contributed by atoms with Crippen LogP contribution in [-0.2, 0) is 37.3 Å². The van der Waals surface area contributed by atoms with Crippen LogP contribution in [0, 0.1) is 18.5 Å². The van der Waals surface area contributed by atoms with Crippen LogP contribution in [0.4, 0.5) is 0 Å². The summed E-state index contributed by atoms with van der Waals surface area (Å²) >= 11 is 0. The molecule has 0 amide bonds. The Balaban J connectivity index is 0.00000640. The second-order valence-electron chi connectivity index (χ2n) is 25.4. The van der Waals surface area contributed by atoms with E-state index in [1.54, 1.807) is 0 Å². The van der Waals surface area contributed by atoms with Gasteiger partial charge in [-0.1, -0.05) is 240 Å². The minimum absolute atomic E-state index is 0. The summed E-state index contributed by atoms with van der Waals surface area (Å²) in [5.41, 5.74) is 17.3. The second-order valence-corrected chi connectivity index (χ2v) is 29.1. The van der Waals surface area contributed by atoms with Gasteiger partial charge < -0.3 is 13.9 Å². The average molecular weight is 1300 g/mol. The first kappa shape index (κ1) is 54.3. The zero-order chi connectivity index (χ0) is 57.1. The van der Waals surface area contributed by atoms with Crippen molar-refractivity contribution in [2.75, 3.05) is 0 Å². The fourth-order valence-electron chi connectivity index (χ4n) is 13.9. The van der Waals surface area contributed by atoms with Gasteiger partial charge in [-0.25, -0.2) is 4.98 Å². The van der Waals surface area contributed by atoms with Gasteiger partial charge in [-0.15, -0.1) is 34.8 Å². The van der Waals surface area contributed by atoms with Crippen molar-refractivity contribution in [1.29, 1.82) is 0 Å². The zero-order valence-corrected chi connectivity index (χ0v) is 52.2. The van der Waals surface area contributed by atoms with Gasteiger partial charge in [-0.2, -0.15) is 12.1 Å². The summed E-state index contributed by atoms with van der Waals surface area (Å²) in [6.45, 7) is 16.4. The quantitative estimate of drug-likeness (QED) is 0.0820. The van der Waals surface area contributed by atoms with Crippen LogP contribution in [0.1, 0.15) is 78.0 Å². The average Bonchev–Trinajstić information content (AvgIpc) is 1.85. The molecule has 85 heavy (non-hydrogen) atoms. The van der Waals surface area contributed by atoms with E-state index in [2.05, 4.69) is 305 Å². The van der Waals surface area contributed by atoms with Crippen LogP contribution >= 0.6 is 0 Å². The number of imidazole rings is 1. The Morgan fingerprint density at radius 1 is 0.541 bits per heavy atom. The smallest absolute Gasteiger partial charge is 0.268 e. The fourth-order valence-corrected chi connectivity index (χ4v) is 19.0. The molecule has 15 rings (SSSR count). The van der Waals surface area contributed by atoms with Crippen LogP contribution in [-0.4, -0.2) is 22.2 Å². The van der Waals surface area contributed by atoms with Crippen LogP contribution in [0.15, 0.2) is 237 Å². The molecule has 10 aromatic carbocycles. The summed E-state index contributed by atoms with van der Waals surface area (Å²) < 4.78 is 13.8. The number of fused-ring (bicyclic) bond motifs is 6. The zero-order valence-electron chi connectivity index (χ0n) is 48.9. The molecule has 7 heteroatoms. The van der Waals surface area contributed by atoms with E-state index >= 15 is 0 Å². The van der Waals surface area contributed by atoms with E-state index in [4.69, 9.17) is 9.72 Å². The molecule has 0 saturated carbocycles. The molecular formula is C78H64N4OPtSi-2. The maximum absolute atomic E-state index is 7.05. The van der Waals surface area contributed by atoms with Crippen molar-refractivity contribution in [3.8, 4) is 62.1 Å². The fraction of sp³-hybridized carbons (Fsp3) is 0.154. The van der Waals surface area contributed by atoms with E-state index in [1.807, 2.05) is 12.3 Å². The molecule has 1 aliphatic carbocycles. The van der Waals surface area contributed by atoms with Crippen LogP contribution < -0.4 is 30.1 Å². The van der Waals surface area contributed by atoms with Gasteiger partial charge in [0.1, 0.15) is 13.9 Å². The number of hydrogen-bond donors (Lipinski definition) is 0. The first-order chi connectivity index (χ1) is 40.8. The third-order valence-electron chi connectivity index (χ3n) is 18.3. The van der Waals surface area contributed by atoms with Crippen LogP contribution in [0.2, 0.25) is 0 Å². The summed E-state index contributed by atoms with van der Waals surface area (Å²) in [7, 11) is -3.10. The van der Waals surface area contributed by atoms with Crippen molar-refractivity contribution in [2.24, 2.45) is 0 Å². The molecule has 13 aromatic rings. The van der Waals surface area contributed by atoms with Gasteiger partial charge in [0.2, 0.25) is 0 Å². The second kappa shape index (κ2) is 20.5. The first-order valence-corrected chi connectivity index (χ1v) is 31.5. The van der Waals surface area contributed by atoms with E-state index in [0.717, 1.165) is 78.7 Å². The summed E-state index contributed by atoms with van der Waals surface area (Å²) in [5, 5.41) is 7.30. The molecule has 0 atom stereocenters. The van der Waals surface area contributed by atoms with Crippen LogP contribution in [0.5, 0.6) is 11.5 Å². The molecule has 5 nitrogen and oxygen atoms in total. The first-order valence-electron chi connectivity index (χ1n) is 29.5. The summed E-state index contributed by atoms with van der Waals surface area (Å²) in [5.74, 6) is 2.02. The summed E-state index contributed by atoms with van der Waals surface area (Å²) in [6.07, 6.45) is 8.27. The molecule has 0 unspecified atom stereocenters.